The van der Waals surface area contributed by atoms with Crippen LogP contribution >= 0.6 is 11.6 Å². The number of ether oxygens (including phenoxy) is 2. The van der Waals surface area contributed by atoms with Crippen molar-refractivity contribution in [1.29, 1.82) is 0 Å². The molecule has 2 aromatic heterocycles. The highest BCUT2D eigenvalue weighted by atomic mass is 35.5. The van der Waals surface area contributed by atoms with E-state index < -0.39 is 17.7 Å². The summed E-state index contributed by atoms with van der Waals surface area (Å²) in [5.41, 5.74) is 5.06. The quantitative estimate of drug-likeness (QED) is 0.136. The van der Waals surface area contributed by atoms with E-state index in [0.29, 0.717) is 43.5 Å². The molecule has 0 radical (unpaired) electrons. The zero-order valence-corrected chi connectivity index (χ0v) is 31.6. The summed E-state index contributed by atoms with van der Waals surface area (Å²) < 4.78 is 11.7. The van der Waals surface area contributed by atoms with Crippen LogP contribution in [0.5, 0.6) is 11.5 Å². The van der Waals surface area contributed by atoms with Crippen LogP contribution in [-0.2, 0) is 11.3 Å². The Hall–Kier alpha value is -5.10. The smallest absolute Gasteiger partial charge is 0.410 e. The normalized spacial score (nSPS) is 16.4. The Morgan fingerprint density at radius 2 is 1.69 bits per heavy atom. The average molecular weight is 752 g/mol. The van der Waals surface area contributed by atoms with Crippen molar-refractivity contribution in [3.8, 4) is 22.6 Å². The third-order valence-corrected chi connectivity index (χ3v) is 10.4. The molecule has 0 unspecified atom stereocenters. The van der Waals surface area contributed by atoms with Crippen molar-refractivity contribution < 1.29 is 29.3 Å². The molecule has 3 N–H and O–H groups in total. The Labute approximate surface area is 320 Å². The third kappa shape index (κ3) is 8.65. The summed E-state index contributed by atoms with van der Waals surface area (Å²) in [6.07, 6.45) is 3.86. The van der Waals surface area contributed by atoms with Gasteiger partial charge < -0.3 is 34.5 Å². The number of nitrogens with zero attached hydrogens (tertiary/aromatic N) is 4. The maximum Gasteiger partial charge on any atom is 0.410 e. The molecule has 2 aliphatic heterocycles. The Morgan fingerprint density at radius 3 is 2.39 bits per heavy atom. The predicted molar refractivity (Wildman–Crippen MR) is 209 cm³/mol. The summed E-state index contributed by atoms with van der Waals surface area (Å²) in [5, 5.41) is 23.5. The van der Waals surface area contributed by atoms with Gasteiger partial charge in [-0.15, -0.1) is 0 Å². The fourth-order valence-corrected chi connectivity index (χ4v) is 7.45. The molecule has 0 spiro atoms. The number of benzene rings is 3. The zero-order valence-electron chi connectivity index (χ0n) is 30.8. The molecule has 3 aromatic carbocycles. The first-order valence-corrected chi connectivity index (χ1v) is 18.8. The van der Waals surface area contributed by atoms with Crippen molar-refractivity contribution in [3.05, 3.63) is 107 Å². The van der Waals surface area contributed by atoms with Crippen LogP contribution in [0.1, 0.15) is 61.2 Å². The van der Waals surface area contributed by atoms with Gasteiger partial charge in [0, 0.05) is 74.2 Å². The number of hydrogen-bond acceptors (Lipinski definition) is 8. The fraction of sp³-hybridized carbons (Fsp3) is 0.357. The number of anilines is 1. The van der Waals surface area contributed by atoms with Crippen molar-refractivity contribution in [2.75, 3.05) is 44.2 Å². The van der Waals surface area contributed by atoms with Gasteiger partial charge in [0.2, 0.25) is 0 Å². The molecule has 1 atom stereocenters. The third-order valence-electron chi connectivity index (χ3n) is 10.2. The largest absolute Gasteiger partial charge is 0.478 e. The highest BCUT2D eigenvalue weighted by molar-refractivity contribution is 6.30. The summed E-state index contributed by atoms with van der Waals surface area (Å²) in [6, 6.07) is 22.9. The number of amides is 1. The number of piperidine rings is 1. The molecule has 0 saturated carbocycles. The molecule has 5 aromatic rings. The lowest BCUT2D eigenvalue weighted by atomic mass is 9.83. The second-order valence-corrected chi connectivity index (χ2v) is 15.6. The molecule has 2 fully saturated rings. The molecule has 2 aliphatic rings. The number of carboxylic acid groups (broad SMARTS) is 1. The minimum Gasteiger partial charge on any atom is -0.478 e. The van der Waals surface area contributed by atoms with E-state index in [1.165, 1.54) is 0 Å². The number of aromatic nitrogens is 2. The first kappa shape index (κ1) is 37.2. The molecule has 1 amide bonds. The molecule has 282 valence electrons. The monoisotopic (exact) mass is 751 g/mol. The van der Waals surface area contributed by atoms with Gasteiger partial charge in [0.1, 0.15) is 28.3 Å². The lowest BCUT2D eigenvalue weighted by Gasteiger charge is -2.37. The number of carboxylic acids is 1. The van der Waals surface area contributed by atoms with Crippen LogP contribution in [0.15, 0.2) is 85.2 Å². The van der Waals surface area contributed by atoms with Gasteiger partial charge in [-0.2, -0.15) is 0 Å². The summed E-state index contributed by atoms with van der Waals surface area (Å²) in [6.45, 7) is 10.4. The van der Waals surface area contributed by atoms with Crippen molar-refractivity contribution in [1.82, 2.24) is 19.8 Å². The predicted octanol–water partition coefficient (Wildman–Crippen LogP) is 8.38. The van der Waals surface area contributed by atoms with E-state index in [0.717, 1.165) is 64.9 Å². The van der Waals surface area contributed by atoms with E-state index in [2.05, 4.69) is 38.0 Å². The highest BCUT2D eigenvalue weighted by Gasteiger charge is 2.30. The number of aliphatic hydroxyl groups is 1. The van der Waals surface area contributed by atoms with Crippen molar-refractivity contribution in [2.24, 2.45) is 5.92 Å². The maximum absolute atomic E-state index is 12.6. The first-order chi connectivity index (χ1) is 25.9. The summed E-state index contributed by atoms with van der Waals surface area (Å²) in [7, 11) is 0. The van der Waals surface area contributed by atoms with Gasteiger partial charge in [0.05, 0.1) is 12.3 Å². The molecular weight excluding hydrogens is 706 g/mol. The number of rotatable bonds is 9. The first-order valence-electron chi connectivity index (χ1n) is 18.4. The number of aromatic amines is 1. The molecule has 4 heterocycles. The number of piperazine rings is 1. The highest BCUT2D eigenvalue weighted by Crippen LogP contribution is 2.39. The molecule has 12 heteroatoms. The number of pyridine rings is 1. The van der Waals surface area contributed by atoms with E-state index in [1.54, 1.807) is 29.4 Å². The van der Waals surface area contributed by atoms with Crippen LogP contribution in [0.25, 0.3) is 22.2 Å². The van der Waals surface area contributed by atoms with Gasteiger partial charge in [0.15, 0.2) is 0 Å². The second-order valence-electron chi connectivity index (χ2n) is 15.1. The molecular formula is C42H46ClN5O6. The number of fused-ring (bicyclic) bond motifs is 1. The standard InChI is InChI=1S/C42H46ClN5O6/c1-42(2,3)54-41(52)48-20-18-46(19-21-48)26-27-4-10-34(28-5-7-31(43)8-6-28)36(22-27)38(49)29-13-16-47(17-14-29)32-9-11-35(40(50)51)37(24-32)53-33-23-30-12-15-44-39(30)45-25-33/h4-12,15,22-25,29,38,49H,13-14,16-21,26H2,1-3H3,(H,44,45)(H,50,51)/t38-/m1/s1. The van der Waals surface area contributed by atoms with Crippen LogP contribution in [-0.4, -0.2) is 86.9 Å². The van der Waals surface area contributed by atoms with Gasteiger partial charge in [-0.25, -0.2) is 14.6 Å². The maximum atomic E-state index is 12.6. The van der Waals surface area contributed by atoms with Crippen molar-refractivity contribution in [2.45, 2.75) is 51.9 Å². The number of hydrogen-bond donors (Lipinski definition) is 3. The van der Waals surface area contributed by atoms with E-state index in [1.807, 2.05) is 63.2 Å². The summed E-state index contributed by atoms with van der Waals surface area (Å²) in [4.78, 5) is 38.4. The summed E-state index contributed by atoms with van der Waals surface area (Å²) >= 11 is 6.24. The molecule has 7 rings (SSSR count). The number of carbonyl (C=O) groups is 2. The van der Waals surface area contributed by atoms with Crippen molar-refractivity contribution >= 4 is 40.4 Å². The molecule has 54 heavy (non-hydrogen) atoms. The minimum absolute atomic E-state index is 0.00749. The fourth-order valence-electron chi connectivity index (χ4n) is 7.32. The number of carbonyl (C=O) groups excluding carboxylic acids is 1. The van der Waals surface area contributed by atoms with Gasteiger partial charge in [0.25, 0.3) is 0 Å². The number of halogens is 1. The molecule has 2 saturated heterocycles. The lowest BCUT2D eigenvalue weighted by molar-refractivity contribution is 0.0138. The van der Waals surface area contributed by atoms with Gasteiger partial charge in [-0.3, -0.25) is 4.90 Å². The van der Waals surface area contributed by atoms with Crippen LogP contribution in [0.4, 0.5) is 10.5 Å². The van der Waals surface area contributed by atoms with Gasteiger partial charge in [-0.05, 0) is 98.2 Å². The number of aromatic carboxylic acids is 1. The van der Waals surface area contributed by atoms with E-state index >= 15 is 0 Å². The van der Waals surface area contributed by atoms with E-state index in [9.17, 15) is 19.8 Å². The Balaban J connectivity index is 1.05. The van der Waals surface area contributed by atoms with Gasteiger partial charge in [-0.1, -0.05) is 41.9 Å². The Bertz CT molecular complexity index is 2110. The zero-order chi connectivity index (χ0) is 38.0. The van der Waals surface area contributed by atoms with Crippen LogP contribution in [0.2, 0.25) is 5.02 Å². The average Bonchev–Trinajstić information content (AvgIpc) is 3.63. The summed E-state index contributed by atoms with van der Waals surface area (Å²) in [5.74, 6) is -0.371. The van der Waals surface area contributed by atoms with E-state index in [-0.39, 0.29) is 23.3 Å². The van der Waals surface area contributed by atoms with Gasteiger partial charge >= 0.3 is 12.1 Å². The number of nitrogens with one attached hydrogen (secondary N) is 1. The van der Waals surface area contributed by atoms with E-state index in [4.69, 9.17) is 21.1 Å². The van der Waals surface area contributed by atoms with Crippen molar-refractivity contribution in [3.63, 3.8) is 0 Å². The molecule has 0 aliphatic carbocycles. The van der Waals surface area contributed by atoms with Crippen LogP contribution < -0.4 is 9.64 Å². The Morgan fingerprint density at radius 1 is 0.944 bits per heavy atom. The van der Waals surface area contributed by atoms with Crippen LogP contribution in [0, 0.1) is 5.92 Å². The number of H-pyrrole nitrogens is 1. The minimum atomic E-state index is -1.07. The van der Waals surface area contributed by atoms with Crippen LogP contribution in [0.3, 0.4) is 0 Å². The lowest BCUT2D eigenvalue weighted by Crippen LogP contribution is -2.49. The topological polar surface area (TPSA) is 131 Å². The molecule has 0 bridgehead atoms. The second kappa shape index (κ2) is 15.7. The molecule has 11 nitrogen and oxygen atoms in total. The number of aliphatic hydroxyl groups excluding tert-OH is 1. The SMILES string of the molecule is CC(C)(C)OC(=O)N1CCN(Cc2ccc(-c3ccc(Cl)cc3)c([C@H](O)C3CCN(c4ccc(C(=O)O)c(Oc5cnc6[nH]ccc6c5)c4)CC3)c2)CC1. The Kier molecular flexibility index (Phi) is 10.8.